The van der Waals surface area contributed by atoms with Crippen molar-refractivity contribution in [3.05, 3.63) is 59.8 Å². The van der Waals surface area contributed by atoms with E-state index in [4.69, 9.17) is 0 Å². The Morgan fingerprint density at radius 3 is 2.18 bits per heavy atom. The Bertz CT molecular complexity index is 1180. The molecule has 38 heavy (non-hydrogen) atoms. The molecule has 3 atom stereocenters. The van der Waals surface area contributed by atoms with Gasteiger partial charge in [0.2, 0.25) is 11.8 Å². The van der Waals surface area contributed by atoms with Crippen molar-refractivity contribution in [2.75, 3.05) is 0 Å². The first-order chi connectivity index (χ1) is 18.2. The summed E-state index contributed by atoms with van der Waals surface area (Å²) in [6.45, 7) is 1.63. The van der Waals surface area contributed by atoms with Gasteiger partial charge in [-0.2, -0.15) is 0 Å². The third-order valence-electron chi connectivity index (χ3n) is 9.84. The number of carboxylic acids is 1. The number of amides is 2. The number of allylic oxidation sites excluding steroid dienone is 4. The number of carboxylic acid groups (broad SMARTS) is 1. The highest BCUT2D eigenvalue weighted by Crippen LogP contribution is 2.62. The van der Waals surface area contributed by atoms with E-state index in [9.17, 15) is 24.3 Å². The summed E-state index contributed by atoms with van der Waals surface area (Å²) in [5, 5.41) is 10.3. The van der Waals surface area contributed by atoms with Crippen LogP contribution in [0.1, 0.15) is 63.9 Å². The molecule has 2 amide bonds. The fourth-order valence-electron chi connectivity index (χ4n) is 8.84. The normalized spacial score (nSPS) is 36.0. The van der Waals surface area contributed by atoms with Gasteiger partial charge >= 0.3 is 5.97 Å². The van der Waals surface area contributed by atoms with Crippen LogP contribution in [0.5, 0.6) is 0 Å². The van der Waals surface area contributed by atoms with Gasteiger partial charge in [0.05, 0.1) is 12.5 Å². The van der Waals surface area contributed by atoms with E-state index in [1.807, 2.05) is 30.3 Å². The van der Waals surface area contributed by atoms with Crippen LogP contribution in [0.2, 0.25) is 0 Å². The molecule has 1 aromatic rings. The molecule has 7 nitrogen and oxygen atoms in total. The maximum atomic E-state index is 14.6. The summed E-state index contributed by atoms with van der Waals surface area (Å²) in [7, 11) is 0. The van der Waals surface area contributed by atoms with Crippen LogP contribution in [-0.2, 0) is 25.7 Å². The number of hydrogen-bond donors (Lipinski definition) is 1. The van der Waals surface area contributed by atoms with Gasteiger partial charge in [-0.15, -0.1) is 0 Å². The molecule has 1 saturated heterocycles. The van der Waals surface area contributed by atoms with Crippen molar-refractivity contribution in [3.8, 4) is 0 Å². The molecule has 7 rings (SSSR count). The van der Waals surface area contributed by atoms with Crippen LogP contribution in [0, 0.1) is 29.1 Å². The van der Waals surface area contributed by atoms with Crippen LogP contribution in [0.15, 0.2) is 54.3 Å². The van der Waals surface area contributed by atoms with Crippen LogP contribution in [0.25, 0.3) is 0 Å². The fraction of sp³-hybridized carbons (Fsp3) is 0.548. The monoisotopic (exact) mass is 516 g/mol. The highest BCUT2D eigenvalue weighted by Gasteiger charge is 2.55. The molecule has 5 aliphatic carbocycles. The lowest BCUT2D eigenvalue weighted by Crippen LogP contribution is -2.61. The molecule has 0 aromatic heterocycles. The first kappa shape index (κ1) is 25.1. The van der Waals surface area contributed by atoms with Crippen LogP contribution in [0.4, 0.5) is 0 Å². The van der Waals surface area contributed by atoms with E-state index in [1.54, 1.807) is 17.1 Å². The van der Waals surface area contributed by atoms with Gasteiger partial charge in [-0.05, 0) is 92.3 Å². The average molecular weight is 517 g/mol. The molecule has 6 aliphatic rings. The number of carbonyl (C=O) groups excluding carboxylic acids is 3. The zero-order valence-electron chi connectivity index (χ0n) is 21.9. The molecular weight excluding hydrogens is 480 g/mol. The lowest BCUT2D eigenvalue weighted by atomic mass is 9.48. The van der Waals surface area contributed by atoms with Crippen LogP contribution in [-0.4, -0.2) is 50.6 Å². The van der Waals surface area contributed by atoms with Crippen LogP contribution >= 0.6 is 0 Å². The van der Waals surface area contributed by atoms with Gasteiger partial charge in [-0.3, -0.25) is 14.4 Å². The second kappa shape index (κ2) is 9.51. The highest BCUT2D eigenvalue weighted by molar-refractivity contribution is 5.98. The predicted octanol–water partition coefficient (Wildman–Crippen LogP) is 4.33. The molecule has 1 heterocycles. The summed E-state index contributed by atoms with van der Waals surface area (Å²) < 4.78 is 0. The maximum absolute atomic E-state index is 14.6. The number of rotatable bonds is 5. The number of ketones is 1. The van der Waals surface area contributed by atoms with E-state index in [1.165, 1.54) is 37.2 Å². The zero-order valence-corrected chi connectivity index (χ0v) is 21.9. The van der Waals surface area contributed by atoms with E-state index < -0.39 is 29.9 Å². The Hall–Kier alpha value is -3.22. The Morgan fingerprint density at radius 1 is 0.974 bits per heavy atom. The number of fused-ring (bicyclic) bond motifs is 1. The Kier molecular flexibility index (Phi) is 6.28. The first-order valence-electron chi connectivity index (χ1n) is 14.0. The number of carbonyl (C=O) groups is 4. The molecule has 1 unspecified atom stereocenters. The molecule has 4 bridgehead atoms. The van der Waals surface area contributed by atoms with Gasteiger partial charge in [-0.1, -0.05) is 36.4 Å². The minimum Gasteiger partial charge on any atom is -0.480 e. The van der Waals surface area contributed by atoms with Gasteiger partial charge in [-0.25, -0.2) is 4.79 Å². The molecule has 5 fully saturated rings. The zero-order chi connectivity index (χ0) is 26.6. The van der Waals surface area contributed by atoms with Crippen molar-refractivity contribution in [1.82, 2.24) is 9.80 Å². The van der Waals surface area contributed by atoms with Crippen LogP contribution < -0.4 is 0 Å². The summed E-state index contributed by atoms with van der Waals surface area (Å²) in [5.41, 5.74) is 1.41. The number of benzene rings is 1. The fourth-order valence-corrected chi connectivity index (χ4v) is 8.84. The average Bonchev–Trinajstić information content (AvgIpc) is 2.85. The molecular formula is C31H36N2O5. The minimum atomic E-state index is -1.24. The molecule has 200 valence electrons. The predicted molar refractivity (Wildman–Crippen MR) is 140 cm³/mol. The van der Waals surface area contributed by atoms with Crippen molar-refractivity contribution in [3.63, 3.8) is 0 Å². The molecule has 1 aliphatic heterocycles. The van der Waals surface area contributed by atoms with E-state index in [0.717, 1.165) is 24.8 Å². The Morgan fingerprint density at radius 2 is 1.61 bits per heavy atom. The van der Waals surface area contributed by atoms with Crippen molar-refractivity contribution >= 4 is 23.6 Å². The third kappa shape index (κ3) is 4.40. The highest BCUT2D eigenvalue weighted by atomic mass is 16.4. The van der Waals surface area contributed by atoms with Crippen molar-refractivity contribution in [2.24, 2.45) is 29.1 Å². The van der Waals surface area contributed by atoms with E-state index in [2.05, 4.69) is 0 Å². The molecule has 1 aromatic carbocycles. The number of aliphatic carboxylic acids is 1. The summed E-state index contributed by atoms with van der Waals surface area (Å²) in [6, 6.07) is 7.51. The summed E-state index contributed by atoms with van der Waals surface area (Å²) in [4.78, 5) is 56.5. The van der Waals surface area contributed by atoms with E-state index in [-0.39, 0.29) is 30.1 Å². The molecule has 0 spiro atoms. The molecule has 7 heteroatoms. The van der Waals surface area contributed by atoms with Gasteiger partial charge in [0.1, 0.15) is 12.1 Å². The van der Waals surface area contributed by atoms with Crippen molar-refractivity contribution < 1.29 is 24.3 Å². The Labute approximate surface area is 223 Å². The number of nitrogens with zero attached hydrogens (tertiary/aromatic N) is 2. The molecule has 0 radical (unpaired) electrons. The first-order valence-corrected chi connectivity index (χ1v) is 14.0. The van der Waals surface area contributed by atoms with Gasteiger partial charge in [0.15, 0.2) is 5.78 Å². The van der Waals surface area contributed by atoms with Gasteiger partial charge < -0.3 is 14.9 Å². The maximum Gasteiger partial charge on any atom is 0.326 e. The van der Waals surface area contributed by atoms with E-state index in [0.29, 0.717) is 29.9 Å². The Balaban J connectivity index is 1.44. The molecule has 1 N–H and O–H groups in total. The van der Waals surface area contributed by atoms with Gasteiger partial charge in [0.25, 0.3) is 0 Å². The van der Waals surface area contributed by atoms with Crippen LogP contribution in [0.3, 0.4) is 0 Å². The second-order valence-corrected chi connectivity index (χ2v) is 12.5. The number of hydrogen-bond acceptors (Lipinski definition) is 4. The summed E-state index contributed by atoms with van der Waals surface area (Å²) in [5.74, 6) is -0.893. The van der Waals surface area contributed by atoms with Gasteiger partial charge in [0, 0.05) is 12.6 Å². The summed E-state index contributed by atoms with van der Waals surface area (Å²) >= 11 is 0. The standard InChI is InChI=1S/C31H36N2O5/c1-19(34)33-26(30(37)38)13-24-25(8-5-9-28(24)35)32(18-20-6-3-2-4-7-20)29(36)27(33)17-31-14-21-10-22(15-31)12-23(11-21)16-31/h2-9,21-24,26-27H,10-18H2,1H3,(H,37,38)/t21?,22?,23?,24?,26-,27+,31?/m0/s1. The molecule has 4 saturated carbocycles. The lowest BCUT2D eigenvalue weighted by molar-refractivity contribution is -0.162. The third-order valence-corrected chi connectivity index (χ3v) is 9.84. The van der Waals surface area contributed by atoms with Crippen molar-refractivity contribution in [2.45, 2.75) is 76.9 Å². The SMILES string of the molecule is CC(=O)N1[C@H](CC23CC4CC(CC(C4)C2)C3)C(=O)N(Cc2ccccc2)C2=CC=CC(=O)C2C[C@H]1C(=O)O. The largest absolute Gasteiger partial charge is 0.480 e. The quantitative estimate of drug-likeness (QED) is 0.629. The van der Waals surface area contributed by atoms with Crippen molar-refractivity contribution in [1.29, 1.82) is 0 Å². The van der Waals surface area contributed by atoms with E-state index >= 15 is 0 Å². The summed E-state index contributed by atoms with van der Waals surface area (Å²) in [6.07, 6.45) is 12.2. The smallest absolute Gasteiger partial charge is 0.326 e. The minimum absolute atomic E-state index is 0.0418. The topological polar surface area (TPSA) is 95.0 Å². The second-order valence-electron chi connectivity index (χ2n) is 12.5. The lowest BCUT2D eigenvalue weighted by Gasteiger charge is -2.58.